The molecule has 0 spiro atoms. The van der Waals surface area contributed by atoms with E-state index in [0.29, 0.717) is 5.69 Å². The van der Waals surface area contributed by atoms with Gasteiger partial charge in [-0.05, 0) is 29.7 Å². The third-order valence-corrected chi connectivity index (χ3v) is 2.96. The van der Waals surface area contributed by atoms with E-state index in [9.17, 15) is 4.79 Å². The SMILES string of the molecule is CC(=O)OCc1cccc(C#Cc2ccn3nccc3n2)c1. The monoisotopic (exact) mass is 291 g/mol. The zero-order chi connectivity index (χ0) is 15.4. The van der Waals surface area contributed by atoms with Crippen LogP contribution in [0.15, 0.2) is 48.8 Å². The highest BCUT2D eigenvalue weighted by molar-refractivity contribution is 5.65. The van der Waals surface area contributed by atoms with Crippen molar-refractivity contribution in [3.63, 3.8) is 0 Å². The number of benzene rings is 1. The van der Waals surface area contributed by atoms with E-state index in [1.54, 1.807) is 10.7 Å². The Hall–Kier alpha value is -3.13. The van der Waals surface area contributed by atoms with Gasteiger partial charge in [0.05, 0.1) is 6.20 Å². The number of esters is 1. The van der Waals surface area contributed by atoms with E-state index in [-0.39, 0.29) is 12.6 Å². The van der Waals surface area contributed by atoms with Crippen LogP contribution in [-0.4, -0.2) is 20.6 Å². The molecule has 0 atom stereocenters. The predicted molar refractivity (Wildman–Crippen MR) is 80.9 cm³/mol. The number of hydrogen-bond acceptors (Lipinski definition) is 4. The van der Waals surface area contributed by atoms with Crippen molar-refractivity contribution in [2.45, 2.75) is 13.5 Å². The van der Waals surface area contributed by atoms with Crippen molar-refractivity contribution >= 4 is 11.6 Å². The maximum absolute atomic E-state index is 10.8. The highest BCUT2D eigenvalue weighted by atomic mass is 16.5. The van der Waals surface area contributed by atoms with E-state index in [4.69, 9.17) is 4.74 Å². The van der Waals surface area contributed by atoms with Gasteiger partial charge in [-0.1, -0.05) is 18.1 Å². The minimum Gasteiger partial charge on any atom is -0.461 e. The van der Waals surface area contributed by atoms with E-state index in [0.717, 1.165) is 16.8 Å². The maximum Gasteiger partial charge on any atom is 0.302 e. The number of carbonyl (C=O) groups excluding carboxylic acids is 1. The fourth-order valence-corrected chi connectivity index (χ4v) is 1.94. The maximum atomic E-state index is 10.8. The molecule has 0 saturated heterocycles. The molecule has 0 saturated carbocycles. The minimum absolute atomic E-state index is 0.255. The summed E-state index contributed by atoms with van der Waals surface area (Å²) in [5.74, 6) is 5.79. The second kappa shape index (κ2) is 6.10. The van der Waals surface area contributed by atoms with Crippen LogP contribution in [0.4, 0.5) is 0 Å². The first-order valence-corrected chi connectivity index (χ1v) is 6.75. The van der Waals surface area contributed by atoms with Gasteiger partial charge in [-0.3, -0.25) is 4.79 Å². The van der Waals surface area contributed by atoms with E-state index >= 15 is 0 Å². The van der Waals surface area contributed by atoms with Crippen LogP contribution in [0.3, 0.4) is 0 Å². The zero-order valence-electron chi connectivity index (χ0n) is 12.0. The Morgan fingerprint density at radius 1 is 1.27 bits per heavy atom. The summed E-state index contributed by atoms with van der Waals surface area (Å²) in [6, 6.07) is 11.2. The summed E-state index contributed by atoms with van der Waals surface area (Å²) in [6.07, 6.45) is 3.52. The number of fused-ring (bicyclic) bond motifs is 1. The molecule has 1 aromatic carbocycles. The molecule has 0 aliphatic heterocycles. The van der Waals surface area contributed by atoms with Crippen LogP contribution in [0, 0.1) is 11.8 Å². The smallest absolute Gasteiger partial charge is 0.302 e. The number of hydrogen-bond donors (Lipinski definition) is 0. The molecule has 3 rings (SSSR count). The number of nitrogens with zero attached hydrogens (tertiary/aromatic N) is 3. The van der Waals surface area contributed by atoms with Crippen molar-refractivity contribution in [3.05, 3.63) is 65.6 Å². The second-order valence-corrected chi connectivity index (χ2v) is 4.68. The summed E-state index contributed by atoms with van der Waals surface area (Å²) in [5.41, 5.74) is 3.19. The van der Waals surface area contributed by atoms with Crippen molar-refractivity contribution in [2.24, 2.45) is 0 Å². The van der Waals surface area contributed by atoms with Crippen LogP contribution in [0.1, 0.15) is 23.7 Å². The Morgan fingerprint density at radius 3 is 3.05 bits per heavy atom. The molecule has 0 bridgehead atoms. The second-order valence-electron chi connectivity index (χ2n) is 4.68. The fourth-order valence-electron chi connectivity index (χ4n) is 1.94. The standard InChI is InChI=1S/C17H13N3O2/c1-13(21)22-12-15-4-2-3-14(11-15)5-6-16-8-10-20-17(19-16)7-9-18-20/h2-4,7-11H,12H2,1H3. The molecule has 2 heterocycles. The summed E-state index contributed by atoms with van der Waals surface area (Å²) in [4.78, 5) is 15.2. The van der Waals surface area contributed by atoms with Gasteiger partial charge in [-0.15, -0.1) is 0 Å². The van der Waals surface area contributed by atoms with Crippen LogP contribution >= 0.6 is 0 Å². The normalized spacial score (nSPS) is 10.0. The largest absolute Gasteiger partial charge is 0.461 e. The van der Waals surface area contributed by atoms with Gasteiger partial charge in [0.2, 0.25) is 0 Å². The van der Waals surface area contributed by atoms with E-state index in [1.807, 2.05) is 42.6 Å². The lowest BCUT2D eigenvalue weighted by atomic mass is 10.1. The Kier molecular flexibility index (Phi) is 3.84. The molecule has 0 amide bonds. The first kappa shape index (κ1) is 13.8. The van der Waals surface area contributed by atoms with Crippen LogP contribution in [0.2, 0.25) is 0 Å². The lowest BCUT2D eigenvalue weighted by Crippen LogP contribution is -1.98. The number of aromatic nitrogens is 3. The quantitative estimate of drug-likeness (QED) is 0.536. The van der Waals surface area contributed by atoms with Gasteiger partial charge in [0.25, 0.3) is 0 Å². The Labute approximate surface area is 127 Å². The first-order valence-electron chi connectivity index (χ1n) is 6.75. The van der Waals surface area contributed by atoms with Crippen LogP contribution in [0.5, 0.6) is 0 Å². The highest BCUT2D eigenvalue weighted by Crippen LogP contribution is 2.06. The molecule has 0 aliphatic rings. The third kappa shape index (κ3) is 3.30. The average molecular weight is 291 g/mol. The molecule has 5 heteroatoms. The van der Waals surface area contributed by atoms with Gasteiger partial charge in [-0.2, -0.15) is 5.10 Å². The summed E-state index contributed by atoms with van der Waals surface area (Å²) < 4.78 is 6.66. The Morgan fingerprint density at radius 2 is 2.18 bits per heavy atom. The van der Waals surface area contributed by atoms with E-state index < -0.39 is 0 Å². The van der Waals surface area contributed by atoms with Crippen molar-refractivity contribution in [2.75, 3.05) is 0 Å². The Bertz CT molecular complexity index is 887. The lowest BCUT2D eigenvalue weighted by Gasteiger charge is -2.02. The zero-order valence-corrected chi connectivity index (χ0v) is 12.0. The molecule has 22 heavy (non-hydrogen) atoms. The number of rotatable bonds is 2. The molecule has 108 valence electrons. The molecule has 0 radical (unpaired) electrons. The lowest BCUT2D eigenvalue weighted by molar-refractivity contribution is -0.142. The number of carbonyl (C=O) groups is 1. The van der Waals surface area contributed by atoms with Crippen LogP contribution in [-0.2, 0) is 16.1 Å². The molecular formula is C17H13N3O2. The fraction of sp³-hybridized carbons (Fsp3) is 0.118. The van der Waals surface area contributed by atoms with Gasteiger partial charge in [-0.25, -0.2) is 9.50 Å². The van der Waals surface area contributed by atoms with Gasteiger partial charge in [0.15, 0.2) is 5.65 Å². The summed E-state index contributed by atoms with van der Waals surface area (Å²) in [7, 11) is 0. The van der Waals surface area contributed by atoms with Crippen LogP contribution < -0.4 is 0 Å². The molecule has 0 fully saturated rings. The van der Waals surface area contributed by atoms with Crippen LogP contribution in [0.25, 0.3) is 5.65 Å². The number of ether oxygens (including phenoxy) is 1. The topological polar surface area (TPSA) is 56.5 Å². The van der Waals surface area contributed by atoms with Gasteiger partial charge in [0, 0.05) is 24.8 Å². The van der Waals surface area contributed by atoms with E-state index in [1.165, 1.54) is 6.92 Å². The third-order valence-electron chi connectivity index (χ3n) is 2.96. The van der Waals surface area contributed by atoms with Crippen molar-refractivity contribution in [1.29, 1.82) is 0 Å². The molecule has 3 aromatic rings. The molecule has 0 aliphatic carbocycles. The van der Waals surface area contributed by atoms with Crippen molar-refractivity contribution < 1.29 is 9.53 Å². The summed E-state index contributed by atoms with van der Waals surface area (Å²) in [5, 5.41) is 4.09. The van der Waals surface area contributed by atoms with Crippen molar-refractivity contribution in [3.8, 4) is 11.8 Å². The van der Waals surface area contributed by atoms with Gasteiger partial charge >= 0.3 is 5.97 Å². The minimum atomic E-state index is -0.296. The average Bonchev–Trinajstić information content (AvgIpc) is 2.99. The summed E-state index contributed by atoms with van der Waals surface area (Å²) >= 11 is 0. The first-order chi connectivity index (χ1) is 10.7. The molecule has 2 aromatic heterocycles. The highest BCUT2D eigenvalue weighted by Gasteiger charge is 1.98. The Balaban J connectivity index is 1.80. The predicted octanol–water partition coefficient (Wildman–Crippen LogP) is 2.19. The summed E-state index contributed by atoms with van der Waals surface area (Å²) in [6.45, 7) is 1.65. The van der Waals surface area contributed by atoms with Gasteiger partial charge in [0.1, 0.15) is 12.3 Å². The molecule has 0 N–H and O–H groups in total. The van der Waals surface area contributed by atoms with E-state index in [2.05, 4.69) is 21.9 Å². The van der Waals surface area contributed by atoms with Gasteiger partial charge < -0.3 is 4.74 Å². The molecule has 5 nitrogen and oxygen atoms in total. The molecular weight excluding hydrogens is 278 g/mol. The molecule has 0 unspecified atom stereocenters. The van der Waals surface area contributed by atoms with Crippen molar-refractivity contribution in [1.82, 2.24) is 14.6 Å².